The Hall–Kier alpha value is -3.82. The van der Waals surface area contributed by atoms with Gasteiger partial charge in [-0.3, -0.25) is 9.48 Å². The average Bonchev–Trinajstić information content (AvgIpc) is 3.47. The van der Waals surface area contributed by atoms with E-state index in [1.807, 2.05) is 23.0 Å². The maximum Gasteiger partial charge on any atom is 0.219 e. The minimum absolute atomic E-state index is 0.0727. The summed E-state index contributed by atoms with van der Waals surface area (Å²) in [5.41, 5.74) is 3.28. The van der Waals surface area contributed by atoms with Gasteiger partial charge in [-0.05, 0) is 43.4 Å². The van der Waals surface area contributed by atoms with E-state index in [1.165, 1.54) is 5.56 Å². The van der Waals surface area contributed by atoms with Crippen molar-refractivity contribution in [1.82, 2.24) is 40.1 Å². The molecule has 6 bridgehead atoms. The van der Waals surface area contributed by atoms with Gasteiger partial charge < -0.3 is 10.1 Å². The van der Waals surface area contributed by atoms with Crippen LogP contribution in [0.25, 0.3) is 16.9 Å². The van der Waals surface area contributed by atoms with Crippen LogP contribution in [0.4, 0.5) is 0 Å². The van der Waals surface area contributed by atoms with Crippen molar-refractivity contribution in [2.75, 3.05) is 13.2 Å². The summed E-state index contributed by atoms with van der Waals surface area (Å²) in [7, 11) is 0. The molecule has 0 unspecified atom stereocenters. The number of hydrogen-bond acceptors (Lipinski definition) is 7. The summed E-state index contributed by atoms with van der Waals surface area (Å²) in [6.45, 7) is 1.90. The van der Waals surface area contributed by atoms with Gasteiger partial charge in [-0.15, -0.1) is 5.10 Å². The predicted octanol–water partition coefficient (Wildman–Crippen LogP) is 2.26. The topological polar surface area (TPSA) is 113 Å². The van der Waals surface area contributed by atoms with Gasteiger partial charge >= 0.3 is 0 Å². The van der Waals surface area contributed by atoms with E-state index < -0.39 is 0 Å². The van der Waals surface area contributed by atoms with E-state index >= 15 is 0 Å². The van der Waals surface area contributed by atoms with Gasteiger partial charge in [-0.2, -0.15) is 9.78 Å². The Morgan fingerprint density at radius 1 is 1.00 bits per heavy atom. The molecule has 0 fully saturated rings. The standard InChI is InChI=1S/C23H26N8O2/c32-22-4-1-2-13-33-19-8-5-17(6-9-19)7-10-21-25-15-20-23(27-21)31(29-28-20)18-14-26-30(16-18)12-3-11-24-22/h5-6,8-9,14-16H,1-4,7,10-13H2,(H,24,32). The molecule has 0 aliphatic carbocycles. The van der Waals surface area contributed by atoms with E-state index in [-0.39, 0.29) is 5.91 Å². The molecule has 0 saturated heterocycles. The second kappa shape index (κ2) is 9.76. The van der Waals surface area contributed by atoms with E-state index in [0.717, 1.165) is 42.9 Å². The Balaban J connectivity index is 1.37. The number of nitrogens with zero attached hydrogens (tertiary/aromatic N) is 7. The van der Waals surface area contributed by atoms with Gasteiger partial charge in [0.15, 0.2) is 11.2 Å². The quantitative estimate of drug-likeness (QED) is 0.441. The van der Waals surface area contributed by atoms with Crippen LogP contribution in [0.15, 0.2) is 42.9 Å². The van der Waals surface area contributed by atoms with Gasteiger partial charge in [-0.1, -0.05) is 17.3 Å². The van der Waals surface area contributed by atoms with E-state index in [9.17, 15) is 4.79 Å². The molecule has 1 N–H and O–H groups in total. The van der Waals surface area contributed by atoms with Crippen LogP contribution in [0.2, 0.25) is 0 Å². The number of nitrogens with one attached hydrogen (secondary N) is 1. The number of ether oxygens (including phenoxy) is 1. The molecule has 0 saturated carbocycles. The molecule has 1 amide bonds. The van der Waals surface area contributed by atoms with Crippen molar-refractivity contribution in [1.29, 1.82) is 0 Å². The third-order valence-corrected chi connectivity index (χ3v) is 5.62. The molecule has 1 aromatic carbocycles. The normalized spacial score (nSPS) is 15.9. The highest BCUT2D eigenvalue weighted by Gasteiger charge is 2.12. The molecular formula is C23H26N8O2. The molecule has 0 atom stereocenters. The third kappa shape index (κ3) is 5.16. The molecule has 10 nitrogen and oxygen atoms in total. The average molecular weight is 447 g/mol. The molecule has 170 valence electrons. The lowest BCUT2D eigenvalue weighted by Crippen LogP contribution is -2.25. The van der Waals surface area contributed by atoms with Crippen molar-refractivity contribution in [3.8, 4) is 11.4 Å². The van der Waals surface area contributed by atoms with Crippen LogP contribution in [0.5, 0.6) is 5.75 Å². The summed E-state index contributed by atoms with van der Waals surface area (Å²) in [5.74, 6) is 1.66. The minimum Gasteiger partial charge on any atom is -0.494 e. The molecule has 6 rings (SSSR count). The van der Waals surface area contributed by atoms with Crippen molar-refractivity contribution < 1.29 is 9.53 Å². The Labute approximate surface area is 191 Å². The first kappa shape index (κ1) is 21.0. The maximum atomic E-state index is 12.0. The predicted molar refractivity (Wildman–Crippen MR) is 121 cm³/mol. The molecular weight excluding hydrogens is 420 g/mol. The monoisotopic (exact) mass is 446 g/mol. The Kier molecular flexibility index (Phi) is 6.23. The SMILES string of the molecule is O=C1CCCCOc2ccc(cc2)CCc2ncc3nnn(c3n2)-c2cnn(c2)CCCN1. The summed E-state index contributed by atoms with van der Waals surface area (Å²) in [6, 6.07) is 8.10. The van der Waals surface area contributed by atoms with Gasteiger partial charge in [0.1, 0.15) is 17.3 Å². The van der Waals surface area contributed by atoms with Gasteiger partial charge in [-0.25, -0.2) is 9.97 Å². The van der Waals surface area contributed by atoms with E-state index in [0.29, 0.717) is 43.7 Å². The summed E-state index contributed by atoms with van der Waals surface area (Å²) in [4.78, 5) is 21.2. The summed E-state index contributed by atoms with van der Waals surface area (Å²) in [5, 5.41) is 15.8. The van der Waals surface area contributed by atoms with Gasteiger partial charge in [0, 0.05) is 25.9 Å². The number of fused-ring (bicyclic) bond motifs is 12. The number of carbonyl (C=O) groups excluding carboxylic acids is 1. The maximum absolute atomic E-state index is 12.0. The number of aryl methyl sites for hydroxylation is 3. The van der Waals surface area contributed by atoms with E-state index in [1.54, 1.807) is 17.1 Å². The first-order valence-corrected chi connectivity index (χ1v) is 11.3. The second-order valence-electron chi connectivity index (χ2n) is 8.11. The zero-order valence-electron chi connectivity index (χ0n) is 18.4. The molecule has 3 aromatic heterocycles. The number of benzene rings is 1. The highest BCUT2D eigenvalue weighted by molar-refractivity contribution is 5.75. The highest BCUT2D eigenvalue weighted by atomic mass is 16.5. The minimum atomic E-state index is 0.0727. The van der Waals surface area contributed by atoms with E-state index in [2.05, 4.69) is 37.8 Å². The molecule has 10 heteroatoms. The Morgan fingerprint density at radius 3 is 2.82 bits per heavy atom. The summed E-state index contributed by atoms with van der Waals surface area (Å²) in [6.07, 6.45) is 9.85. The van der Waals surface area contributed by atoms with Crippen LogP contribution in [0, 0.1) is 0 Å². The summed E-state index contributed by atoms with van der Waals surface area (Å²) < 4.78 is 9.34. The number of carbonyl (C=O) groups is 1. The fourth-order valence-corrected chi connectivity index (χ4v) is 3.79. The van der Waals surface area contributed by atoms with Gasteiger partial charge in [0.05, 0.1) is 25.2 Å². The number of hydrogen-bond donors (Lipinski definition) is 1. The lowest BCUT2D eigenvalue weighted by Gasteiger charge is -2.08. The van der Waals surface area contributed by atoms with Crippen LogP contribution in [-0.2, 0) is 24.2 Å². The largest absolute Gasteiger partial charge is 0.494 e. The smallest absolute Gasteiger partial charge is 0.219 e. The molecule has 33 heavy (non-hydrogen) atoms. The van der Waals surface area contributed by atoms with Crippen LogP contribution >= 0.6 is 0 Å². The van der Waals surface area contributed by atoms with Gasteiger partial charge in [0.2, 0.25) is 5.91 Å². The zero-order valence-corrected chi connectivity index (χ0v) is 18.4. The fraction of sp³-hybridized carbons (Fsp3) is 0.391. The third-order valence-electron chi connectivity index (χ3n) is 5.62. The number of aromatic nitrogens is 7. The highest BCUT2D eigenvalue weighted by Crippen LogP contribution is 2.16. The van der Waals surface area contributed by atoms with Crippen LogP contribution in [0.3, 0.4) is 0 Å². The molecule has 2 aliphatic heterocycles. The number of rotatable bonds is 0. The lowest BCUT2D eigenvalue weighted by atomic mass is 10.1. The molecule has 4 aromatic rings. The fourth-order valence-electron chi connectivity index (χ4n) is 3.79. The lowest BCUT2D eigenvalue weighted by molar-refractivity contribution is -0.121. The second-order valence-corrected chi connectivity index (χ2v) is 8.11. The molecule has 2 aliphatic rings. The molecule has 0 spiro atoms. The first-order valence-electron chi connectivity index (χ1n) is 11.3. The van der Waals surface area contributed by atoms with Crippen molar-refractivity contribution in [2.45, 2.75) is 45.1 Å². The van der Waals surface area contributed by atoms with E-state index in [4.69, 9.17) is 9.72 Å². The van der Waals surface area contributed by atoms with Crippen molar-refractivity contribution in [3.05, 3.63) is 54.2 Å². The van der Waals surface area contributed by atoms with Crippen LogP contribution < -0.4 is 10.1 Å². The zero-order chi connectivity index (χ0) is 22.5. The van der Waals surface area contributed by atoms with Crippen LogP contribution in [0.1, 0.15) is 37.1 Å². The van der Waals surface area contributed by atoms with Crippen molar-refractivity contribution >= 4 is 17.1 Å². The molecule has 5 heterocycles. The summed E-state index contributed by atoms with van der Waals surface area (Å²) >= 11 is 0. The Bertz CT molecular complexity index is 1230. The number of amides is 1. The molecule has 0 radical (unpaired) electrons. The van der Waals surface area contributed by atoms with Crippen molar-refractivity contribution in [3.63, 3.8) is 0 Å². The van der Waals surface area contributed by atoms with Crippen LogP contribution in [-0.4, -0.2) is 53.8 Å². The first-order chi connectivity index (χ1) is 16.2. The van der Waals surface area contributed by atoms with Gasteiger partial charge in [0.25, 0.3) is 0 Å². The Morgan fingerprint density at radius 2 is 1.91 bits per heavy atom. The van der Waals surface area contributed by atoms with Crippen molar-refractivity contribution in [2.24, 2.45) is 0 Å².